The third-order valence-electron chi connectivity index (χ3n) is 5.07. The number of piperazine rings is 1. The molecule has 4 unspecified atom stereocenters. The van der Waals surface area contributed by atoms with Gasteiger partial charge in [0.1, 0.15) is 0 Å². The Hall–Kier alpha value is -0.650. The van der Waals surface area contributed by atoms with Gasteiger partial charge in [-0.15, -0.1) is 0 Å². The van der Waals surface area contributed by atoms with Crippen molar-refractivity contribution in [1.29, 1.82) is 0 Å². The molecule has 20 heavy (non-hydrogen) atoms. The Morgan fingerprint density at radius 1 is 1.25 bits per heavy atom. The van der Waals surface area contributed by atoms with Gasteiger partial charge in [0.25, 0.3) is 0 Å². The molecule has 2 aliphatic heterocycles. The van der Waals surface area contributed by atoms with Gasteiger partial charge in [-0.1, -0.05) is 0 Å². The van der Waals surface area contributed by atoms with Crippen molar-refractivity contribution in [3.05, 3.63) is 0 Å². The van der Waals surface area contributed by atoms with Crippen LogP contribution < -0.4 is 5.73 Å². The number of nitrogens with two attached hydrogens (primary N) is 1. The molecular weight excluding hydrogens is 252 g/mol. The summed E-state index contributed by atoms with van der Waals surface area (Å²) < 4.78 is 0. The molecule has 0 spiro atoms. The average Bonchev–Trinajstić information content (AvgIpc) is 2.76. The first-order chi connectivity index (χ1) is 9.45. The van der Waals surface area contributed by atoms with Crippen molar-refractivity contribution in [2.24, 2.45) is 5.73 Å². The Bertz CT molecular complexity index is 339. The van der Waals surface area contributed by atoms with Crippen LogP contribution in [0.3, 0.4) is 0 Å². The summed E-state index contributed by atoms with van der Waals surface area (Å²) in [6, 6.07) is 1.15. The molecule has 2 saturated heterocycles. The lowest BCUT2D eigenvalue weighted by Crippen LogP contribution is -2.61. The van der Waals surface area contributed by atoms with E-state index in [0.29, 0.717) is 18.6 Å². The number of carbonyl (C=O) groups excluding carboxylic acids is 1. The van der Waals surface area contributed by atoms with Crippen LogP contribution >= 0.6 is 0 Å². The van der Waals surface area contributed by atoms with Crippen LogP contribution in [-0.2, 0) is 4.79 Å². The molecule has 0 aromatic heterocycles. The summed E-state index contributed by atoms with van der Waals surface area (Å²) in [5.41, 5.74) is 5.87. The second-order valence-corrected chi connectivity index (χ2v) is 6.58. The molecule has 0 aliphatic carbocycles. The molecule has 0 bridgehead atoms. The number of carbonyl (C=O) groups is 1. The first-order valence-electron chi connectivity index (χ1n) is 7.92. The minimum Gasteiger partial charge on any atom is -0.335 e. The van der Waals surface area contributed by atoms with E-state index in [9.17, 15) is 4.79 Å². The Balaban J connectivity index is 2.05. The van der Waals surface area contributed by atoms with Gasteiger partial charge in [0.05, 0.1) is 12.1 Å². The molecule has 5 heteroatoms. The van der Waals surface area contributed by atoms with E-state index in [1.165, 1.54) is 12.8 Å². The van der Waals surface area contributed by atoms with Gasteiger partial charge in [-0.25, -0.2) is 0 Å². The van der Waals surface area contributed by atoms with Crippen molar-refractivity contribution < 1.29 is 4.79 Å². The molecule has 2 fully saturated rings. The zero-order valence-electron chi connectivity index (χ0n) is 13.4. The highest BCUT2D eigenvalue weighted by Crippen LogP contribution is 2.27. The van der Waals surface area contributed by atoms with Gasteiger partial charge >= 0.3 is 0 Å². The molecule has 0 radical (unpaired) electrons. The van der Waals surface area contributed by atoms with E-state index in [2.05, 4.69) is 37.6 Å². The molecule has 5 nitrogen and oxygen atoms in total. The standard InChI is InChI=1S/C15H30N4O/c1-11-5-6-12(2)19(11)13(3)15(20)18-8-7-17(4)10-14(18)9-16/h11-14H,5-10,16H2,1-4H3. The van der Waals surface area contributed by atoms with E-state index in [1.54, 1.807) is 0 Å². The molecule has 1 amide bonds. The van der Waals surface area contributed by atoms with Crippen LogP contribution in [0.1, 0.15) is 33.6 Å². The molecule has 2 N–H and O–H groups in total. The molecule has 4 atom stereocenters. The number of amides is 1. The summed E-state index contributed by atoms with van der Waals surface area (Å²) in [5.74, 6) is 0.258. The van der Waals surface area contributed by atoms with Crippen molar-refractivity contribution in [2.75, 3.05) is 33.2 Å². The molecule has 0 aromatic carbocycles. The van der Waals surface area contributed by atoms with E-state index in [0.717, 1.165) is 19.6 Å². The van der Waals surface area contributed by atoms with E-state index in [-0.39, 0.29) is 18.0 Å². The van der Waals surface area contributed by atoms with Crippen LogP contribution in [0.25, 0.3) is 0 Å². The molecule has 2 heterocycles. The summed E-state index contributed by atoms with van der Waals surface area (Å²) in [6.07, 6.45) is 2.39. The van der Waals surface area contributed by atoms with Gasteiger partial charge in [0.15, 0.2) is 0 Å². The number of rotatable bonds is 3. The minimum absolute atomic E-state index is 0.0278. The Labute approximate surface area is 123 Å². The van der Waals surface area contributed by atoms with E-state index >= 15 is 0 Å². The third-order valence-corrected chi connectivity index (χ3v) is 5.07. The lowest BCUT2D eigenvalue weighted by molar-refractivity contribution is -0.142. The Kier molecular flexibility index (Phi) is 5.04. The highest BCUT2D eigenvalue weighted by atomic mass is 16.2. The number of nitrogens with zero attached hydrogens (tertiary/aromatic N) is 3. The van der Waals surface area contributed by atoms with E-state index in [4.69, 9.17) is 5.73 Å². The maximum absolute atomic E-state index is 12.9. The molecule has 0 saturated carbocycles. The Morgan fingerprint density at radius 3 is 2.40 bits per heavy atom. The zero-order valence-corrected chi connectivity index (χ0v) is 13.4. The molecule has 2 rings (SSSR count). The highest BCUT2D eigenvalue weighted by molar-refractivity contribution is 5.82. The quantitative estimate of drug-likeness (QED) is 0.811. The fraction of sp³-hybridized carbons (Fsp3) is 0.933. The first-order valence-corrected chi connectivity index (χ1v) is 7.92. The summed E-state index contributed by atoms with van der Waals surface area (Å²) in [5, 5.41) is 0. The van der Waals surface area contributed by atoms with Crippen LogP contribution in [0.15, 0.2) is 0 Å². The number of likely N-dealkylation sites (N-methyl/N-ethyl adjacent to an activating group) is 1. The smallest absolute Gasteiger partial charge is 0.240 e. The second-order valence-electron chi connectivity index (χ2n) is 6.58. The summed E-state index contributed by atoms with van der Waals surface area (Å²) in [7, 11) is 2.10. The third kappa shape index (κ3) is 3.00. The Morgan fingerprint density at radius 2 is 1.85 bits per heavy atom. The van der Waals surface area contributed by atoms with E-state index in [1.807, 2.05) is 4.90 Å². The first kappa shape index (κ1) is 15.7. The molecule has 0 aromatic rings. The predicted molar refractivity (Wildman–Crippen MR) is 81.5 cm³/mol. The van der Waals surface area contributed by atoms with Gasteiger partial charge in [-0.3, -0.25) is 9.69 Å². The van der Waals surface area contributed by atoms with Gasteiger partial charge < -0.3 is 15.5 Å². The fourth-order valence-corrected chi connectivity index (χ4v) is 3.85. The number of hydrogen-bond acceptors (Lipinski definition) is 4. The second kappa shape index (κ2) is 6.41. The lowest BCUT2D eigenvalue weighted by atomic mass is 10.1. The van der Waals surface area contributed by atoms with Crippen molar-refractivity contribution in [3.8, 4) is 0 Å². The van der Waals surface area contributed by atoms with Crippen molar-refractivity contribution in [3.63, 3.8) is 0 Å². The number of hydrogen-bond donors (Lipinski definition) is 1. The lowest BCUT2D eigenvalue weighted by Gasteiger charge is -2.43. The SMILES string of the molecule is CC1CCC(C)N1C(C)C(=O)N1CCN(C)CC1CN. The maximum atomic E-state index is 12.9. The van der Waals surface area contributed by atoms with Gasteiger partial charge in [0.2, 0.25) is 5.91 Å². The molecular formula is C15H30N4O. The summed E-state index contributed by atoms with van der Waals surface area (Å²) in [4.78, 5) is 19.5. The number of likely N-dealkylation sites (tertiary alicyclic amines) is 1. The monoisotopic (exact) mass is 282 g/mol. The van der Waals surface area contributed by atoms with Crippen LogP contribution in [0.2, 0.25) is 0 Å². The van der Waals surface area contributed by atoms with Gasteiger partial charge in [-0.05, 0) is 40.7 Å². The summed E-state index contributed by atoms with van der Waals surface area (Å²) >= 11 is 0. The van der Waals surface area contributed by atoms with Gasteiger partial charge in [-0.2, -0.15) is 0 Å². The van der Waals surface area contributed by atoms with Crippen molar-refractivity contribution >= 4 is 5.91 Å². The predicted octanol–water partition coefficient (Wildman–Crippen LogP) is 0.349. The maximum Gasteiger partial charge on any atom is 0.240 e. The van der Waals surface area contributed by atoms with Crippen LogP contribution in [0.5, 0.6) is 0 Å². The van der Waals surface area contributed by atoms with E-state index < -0.39 is 0 Å². The van der Waals surface area contributed by atoms with Crippen molar-refractivity contribution in [1.82, 2.24) is 14.7 Å². The van der Waals surface area contributed by atoms with Crippen molar-refractivity contribution in [2.45, 2.75) is 57.8 Å². The summed E-state index contributed by atoms with van der Waals surface area (Å²) in [6.45, 7) is 9.72. The van der Waals surface area contributed by atoms with Gasteiger partial charge in [0, 0.05) is 38.3 Å². The fourth-order valence-electron chi connectivity index (χ4n) is 3.85. The van der Waals surface area contributed by atoms with Crippen LogP contribution in [0, 0.1) is 0 Å². The average molecular weight is 282 g/mol. The largest absolute Gasteiger partial charge is 0.335 e. The highest BCUT2D eigenvalue weighted by Gasteiger charge is 2.38. The topological polar surface area (TPSA) is 52.8 Å². The minimum atomic E-state index is -0.0278. The molecule has 116 valence electrons. The van der Waals surface area contributed by atoms with Crippen LogP contribution in [0.4, 0.5) is 0 Å². The molecule has 2 aliphatic rings. The normalized spacial score (nSPS) is 34.5. The van der Waals surface area contributed by atoms with Crippen LogP contribution in [-0.4, -0.2) is 78.0 Å². The zero-order chi connectivity index (χ0) is 14.9.